The van der Waals surface area contributed by atoms with Crippen LogP contribution in [0, 0.1) is 0 Å². The van der Waals surface area contributed by atoms with E-state index in [4.69, 9.17) is 9.47 Å². The number of methoxy groups -OCH3 is 2. The predicted octanol–water partition coefficient (Wildman–Crippen LogP) is 2.36. The number of hydrazone groups is 1. The Morgan fingerprint density at radius 1 is 1.20 bits per heavy atom. The summed E-state index contributed by atoms with van der Waals surface area (Å²) in [5, 5.41) is 16.7. The maximum absolute atomic E-state index is 12.1. The molecule has 3 N–H and O–H groups in total. The highest BCUT2D eigenvalue weighted by molar-refractivity contribution is 5.88. The number of hydrogen-bond donors (Lipinski definition) is 3. The number of carbonyl (C=O) groups excluding carboxylic acids is 1. The molecule has 0 bridgehead atoms. The Bertz CT molecular complexity index is 762. The number of ether oxygens (including phenoxy) is 2. The molecule has 132 valence electrons. The first-order chi connectivity index (χ1) is 12.0. The minimum absolute atomic E-state index is 0.0407. The van der Waals surface area contributed by atoms with Crippen LogP contribution in [-0.4, -0.2) is 37.5 Å². The van der Waals surface area contributed by atoms with Crippen molar-refractivity contribution in [2.45, 2.75) is 13.0 Å². The number of nitrogens with one attached hydrogen (secondary N) is 2. The third kappa shape index (κ3) is 4.87. The Hall–Kier alpha value is -3.22. The lowest BCUT2D eigenvalue weighted by molar-refractivity contribution is -0.121. The van der Waals surface area contributed by atoms with Crippen LogP contribution in [0.4, 0.5) is 5.69 Å². The van der Waals surface area contributed by atoms with Gasteiger partial charge in [0.05, 0.1) is 26.1 Å². The van der Waals surface area contributed by atoms with Crippen molar-refractivity contribution in [1.82, 2.24) is 5.43 Å². The van der Waals surface area contributed by atoms with Crippen molar-refractivity contribution >= 4 is 17.8 Å². The van der Waals surface area contributed by atoms with E-state index in [0.717, 1.165) is 0 Å². The summed E-state index contributed by atoms with van der Waals surface area (Å²) in [6.07, 6.45) is 1.35. The number of benzene rings is 2. The second kappa shape index (κ2) is 8.58. The van der Waals surface area contributed by atoms with Crippen LogP contribution in [0.15, 0.2) is 47.6 Å². The van der Waals surface area contributed by atoms with Crippen LogP contribution in [0.1, 0.15) is 12.5 Å². The number of phenolic OH excluding ortho intramolecular Hbond substituents is 1. The van der Waals surface area contributed by atoms with E-state index in [2.05, 4.69) is 15.8 Å². The van der Waals surface area contributed by atoms with Gasteiger partial charge in [-0.3, -0.25) is 4.79 Å². The number of para-hydroxylation sites is 2. The number of nitrogens with zero attached hydrogens (tertiary/aromatic N) is 1. The zero-order valence-electron chi connectivity index (χ0n) is 14.3. The van der Waals surface area contributed by atoms with Crippen LogP contribution in [-0.2, 0) is 4.79 Å². The second-order valence-corrected chi connectivity index (χ2v) is 5.23. The van der Waals surface area contributed by atoms with Gasteiger partial charge >= 0.3 is 0 Å². The van der Waals surface area contributed by atoms with E-state index in [9.17, 15) is 9.90 Å². The van der Waals surface area contributed by atoms with Crippen molar-refractivity contribution < 1.29 is 19.4 Å². The number of anilines is 1. The number of aromatic hydroxyl groups is 1. The third-order valence-electron chi connectivity index (χ3n) is 3.49. The topological polar surface area (TPSA) is 92.2 Å². The minimum atomic E-state index is -0.535. The molecule has 0 aromatic heterocycles. The molecule has 0 aliphatic heterocycles. The molecule has 0 fully saturated rings. The number of phenols is 1. The van der Waals surface area contributed by atoms with Crippen LogP contribution in [0.25, 0.3) is 0 Å². The van der Waals surface area contributed by atoms with Crippen molar-refractivity contribution in [3.05, 3.63) is 48.0 Å². The van der Waals surface area contributed by atoms with E-state index in [1.54, 1.807) is 32.2 Å². The fraction of sp³-hybridized carbons (Fsp3) is 0.222. The van der Waals surface area contributed by atoms with Gasteiger partial charge in [0.1, 0.15) is 23.3 Å². The summed E-state index contributed by atoms with van der Waals surface area (Å²) in [7, 11) is 3.09. The van der Waals surface area contributed by atoms with E-state index in [1.807, 2.05) is 18.2 Å². The summed E-state index contributed by atoms with van der Waals surface area (Å²) in [5.41, 5.74) is 3.57. The summed E-state index contributed by atoms with van der Waals surface area (Å²) in [4.78, 5) is 12.1. The maximum atomic E-state index is 12.1. The average Bonchev–Trinajstić information content (AvgIpc) is 2.63. The van der Waals surface area contributed by atoms with E-state index >= 15 is 0 Å². The van der Waals surface area contributed by atoms with E-state index in [1.165, 1.54) is 19.4 Å². The number of rotatable bonds is 7. The molecule has 0 aliphatic carbocycles. The van der Waals surface area contributed by atoms with Crippen LogP contribution in [0.5, 0.6) is 17.2 Å². The molecular formula is C18H21N3O4. The summed E-state index contributed by atoms with van der Waals surface area (Å²) in [6.45, 7) is 1.71. The second-order valence-electron chi connectivity index (χ2n) is 5.23. The summed E-state index contributed by atoms with van der Waals surface area (Å²) < 4.78 is 10.3. The smallest absolute Gasteiger partial charge is 0.262 e. The van der Waals surface area contributed by atoms with E-state index in [0.29, 0.717) is 22.7 Å². The molecule has 25 heavy (non-hydrogen) atoms. The van der Waals surface area contributed by atoms with Gasteiger partial charge in [-0.1, -0.05) is 12.1 Å². The largest absolute Gasteiger partial charge is 0.507 e. The predicted molar refractivity (Wildman–Crippen MR) is 96.5 cm³/mol. The summed E-state index contributed by atoms with van der Waals surface area (Å²) >= 11 is 0. The first-order valence-electron chi connectivity index (χ1n) is 7.64. The molecule has 1 atom stereocenters. The number of carbonyl (C=O) groups is 1. The van der Waals surface area contributed by atoms with Gasteiger partial charge in [-0.2, -0.15) is 5.10 Å². The molecule has 0 aliphatic rings. The lowest BCUT2D eigenvalue weighted by Gasteiger charge is -2.15. The molecule has 0 saturated heterocycles. The van der Waals surface area contributed by atoms with E-state index in [-0.39, 0.29) is 11.7 Å². The summed E-state index contributed by atoms with van der Waals surface area (Å²) in [5.74, 6) is 0.937. The van der Waals surface area contributed by atoms with Crippen molar-refractivity contribution in [3.63, 3.8) is 0 Å². The zero-order chi connectivity index (χ0) is 18.2. The molecule has 1 amide bonds. The SMILES string of the molecule is COc1ccc(O)c(/C=N\NC(=O)[C@H](C)Nc2ccccc2OC)c1. The molecule has 0 heterocycles. The molecule has 0 radical (unpaired) electrons. The van der Waals surface area contributed by atoms with Crippen LogP contribution in [0.2, 0.25) is 0 Å². The van der Waals surface area contributed by atoms with Crippen LogP contribution >= 0.6 is 0 Å². The molecule has 2 aromatic rings. The first kappa shape index (κ1) is 18.1. The van der Waals surface area contributed by atoms with Gasteiger partial charge in [0.15, 0.2) is 0 Å². The number of hydrogen-bond acceptors (Lipinski definition) is 6. The Morgan fingerprint density at radius 2 is 1.96 bits per heavy atom. The van der Waals surface area contributed by atoms with Gasteiger partial charge in [0, 0.05) is 5.56 Å². The highest BCUT2D eigenvalue weighted by Crippen LogP contribution is 2.24. The van der Waals surface area contributed by atoms with Gasteiger partial charge < -0.3 is 19.9 Å². The fourth-order valence-electron chi connectivity index (χ4n) is 2.09. The third-order valence-corrected chi connectivity index (χ3v) is 3.49. The standard InChI is InChI=1S/C18H21N3O4/c1-12(20-15-6-4-5-7-17(15)25-3)18(23)21-19-11-13-10-14(24-2)8-9-16(13)22/h4-12,20,22H,1-3H3,(H,21,23)/b19-11-/t12-/m0/s1. The van der Waals surface area contributed by atoms with Gasteiger partial charge in [0.2, 0.25) is 0 Å². The van der Waals surface area contributed by atoms with Gasteiger partial charge in [-0.25, -0.2) is 5.43 Å². The fourth-order valence-corrected chi connectivity index (χ4v) is 2.09. The van der Waals surface area contributed by atoms with E-state index < -0.39 is 6.04 Å². The molecular weight excluding hydrogens is 322 g/mol. The van der Waals surface area contributed by atoms with Gasteiger partial charge in [-0.05, 0) is 37.3 Å². The number of amides is 1. The first-order valence-corrected chi connectivity index (χ1v) is 7.64. The average molecular weight is 343 g/mol. The van der Waals surface area contributed by atoms with Crippen molar-refractivity contribution in [3.8, 4) is 17.2 Å². The highest BCUT2D eigenvalue weighted by atomic mass is 16.5. The Morgan fingerprint density at radius 3 is 2.68 bits per heavy atom. The maximum Gasteiger partial charge on any atom is 0.262 e. The summed E-state index contributed by atoms with van der Waals surface area (Å²) in [6, 6.07) is 11.5. The molecule has 2 aromatic carbocycles. The van der Waals surface area contributed by atoms with Crippen molar-refractivity contribution in [1.29, 1.82) is 0 Å². The Balaban J connectivity index is 1.97. The lowest BCUT2D eigenvalue weighted by atomic mass is 10.2. The molecule has 7 heteroatoms. The van der Waals surface area contributed by atoms with Crippen LogP contribution < -0.4 is 20.2 Å². The normalized spacial score (nSPS) is 11.8. The van der Waals surface area contributed by atoms with Crippen molar-refractivity contribution in [2.75, 3.05) is 19.5 Å². The quantitative estimate of drug-likeness (QED) is 0.530. The highest BCUT2D eigenvalue weighted by Gasteiger charge is 2.13. The molecule has 2 rings (SSSR count). The van der Waals surface area contributed by atoms with Gasteiger partial charge in [-0.15, -0.1) is 0 Å². The monoisotopic (exact) mass is 343 g/mol. The zero-order valence-corrected chi connectivity index (χ0v) is 14.3. The minimum Gasteiger partial charge on any atom is -0.507 e. The van der Waals surface area contributed by atoms with Crippen molar-refractivity contribution in [2.24, 2.45) is 5.10 Å². The Kier molecular flexibility index (Phi) is 6.22. The molecule has 0 unspecified atom stereocenters. The Labute approximate surface area is 146 Å². The molecule has 7 nitrogen and oxygen atoms in total. The van der Waals surface area contributed by atoms with Gasteiger partial charge in [0.25, 0.3) is 5.91 Å². The molecule has 0 saturated carbocycles. The van der Waals surface area contributed by atoms with Crippen LogP contribution in [0.3, 0.4) is 0 Å². The lowest BCUT2D eigenvalue weighted by Crippen LogP contribution is -2.35. The molecule has 0 spiro atoms.